The van der Waals surface area contributed by atoms with Gasteiger partial charge in [-0.15, -0.1) is 24.0 Å². The molecule has 0 fully saturated rings. The van der Waals surface area contributed by atoms with Crippen LogP contribution in [-0.2, 0) is 20.1 Å². The predicted molar refractivity (Wildman–Crippen MR) is 118 cm³/mol. The molecular weight excluding hydrogens is 441 g/mol. The second kappa shape index (κ2) is 10.3. The van der Waals surface area contributed by atoms with E-state index in [1.165, 1.54) is 5.56 Å². The molecule has 2 N–H and O–H groups in total. The van der Waals surface area contributed by atoms with Crippen LogP contribution >= 0.6 is 24.0 Å². The van der Waals surface area contributed by atoms with Gasteiger partial charge in [0, 0.05) is 38.9 Å². The fourth-order valence-corrected chi connectivity index (χ4v) is 2.53. The van der Waals surface area contributed by atoms with Crippen molar-refractivity contribution >= 4 is 35.8 Å². The van der Waals surface area contributed by atoms with E-state index < -0.39 is 0 Å². The van der Waals surface area contributed by atoms with Crippen LogP contribution in [0, 0.1) is 13.8 Å². The van der Waals surface area contributed by atoms with Gasteiger partial charge in [0.2, 0.25) is 0 Å². The van der Waals surface area contributed by atoms with Crippen molar-refractivity contribution in [2.45, 2.75) is 33.9 Å². The molecular formula is C18H30IN7. The standard InChI is InChI=1S/C18H29N7.HI/c1-7-19-18(21-12-16-13(2)23-25(6)14(16)3)20-11-15-9-8-10-17(22-15)24(4)5;/h8-10H,7,11-12H2,1-6H3,(H2,19,20,21);1H. The van der Waals surface area contributed by atoms with E-state index >= 15 is 0 Å². The van der Waals surface area contributed by atoms with Gasteiger partial charge in [0.25, 0.3) is 0 Å². The van der Waals surface area contributed by atoms with Gasteiger partial charge in [0.1, 0.15) is 5.82 Å². The van der Waals surface area contributed by atoms with Crippen LogP contribution in [0.15, 0.2) is 23.2 Å². The largest absolute Gasteiger partial charge is 0.363 e. The summed E-state index contributed by atoms with van der Waals surface area (Å²) < 4.78 is 1.90. The summed E-state index contributed by atoms with van der Waals surface area (Å²) in [4.78, 5) is 11.3. The van der Waals surface area contributed by atoms with Crippen molar-refractivity contribution < 1.29 is 0 Å². The van der Waals surface area contributed by atoms with Crippen molar-refractivity contribution in [1.29, 1.82) is 0 Å². The summed E-state index contributed by atoms with van der Waals surface area (Å²) in [5, 5.41) is 11.1. The topological polar surface area (TPSA) is 70.4 Å². The number of hydrogen-bond donors (Lipinski definition) is 2. The minimum Gasteiger partial charge on any atom is -0.363 e. The Morgan fingerprint density at radius 3 is 2.54 bits per heavy atom. The van der Waals surface area contributed by atoms with Gasteiger partial charge < -0.3 is 15.5 Å². The highest BCUT2D eigenvalue weighted by molar-refractivity contribution is 14.0. The molecule has 0 aromatic carbocycles. The predicted octanol–water partition coefficient (Wildman–Crippen LogP) is 2.37. The highest BCUT2D eigenvalue weighted by Gasteiger charge is 2.09. The quantitative estimate of drug-likeness (QED) is 0.385. The van der Waals surface area contributed by atoms with Crippen molar-refractivity contribution in [1.82, 2.24) is 25.4 Å². The Hall–Kier alpha value is -1.84. The summed E-state index contributed by atoms with van der Waals surface area (Å²) in [6.07, 6.45) is 0. The molecule has 2 heterocycles. The summed E-state index contributed by atoms with van der Waals surface area (Å²) in [7, 11) is 5.94. The van der Waals surface area contributed by atoms with Crippen LogP contribution in [0.3, 0.4) is 0 Å². The summed E-state index contributed by atoms with van der Waals surface area (Å²) in [6, 6.07) is 6.03. The number of rotatable bonds is 6. The number of aryl methyl sites for hydroxylation is 2. The molecule has 2 rings (SSSR count). The molecule has 0 aliphatic rings. The SMILES string of the molecule is CCNC(=NCc1c(C)nn(C)c1C)NCc1cccc(N(C)C)n1.I. The van der Waals surface area contributed by atoms with Crippen LogP contribution in [0.2, 0.25) is 0 Å². The van der Waals surface area contributed by atoms with Crippen LogP contribution in [0.4, 0.5) is 5.82 Å². The second-order valence-corrected chi connectivity index (χ2v) is 6.20. The lowest BCUT2D eigenvalue weighted by atomic mass is 10.2. The number of anilines is 1. The van der Waals surface area contributed by atoms with E-state index in [0.717, 1.165) is 35.4 Å². The van der Waals surface area contributed by atoms with Gasteiger partial charge in [-0.1, -0.05) is 6.07 Å². The Bertz CT molecular complexity index is 737. The smallest absolute Gasteiger partial charge is 0.191 e. The molecule has 0 aliphatic carbocycles. The third-order valence-corrected chi connectivity index (χ3v) is 4.09. The van der Waals surface area contributed by atoms with E-state index in [1.807, 2.05) is 55.8 Å². The summed E-state index contributed by atoms with van der Waals surface area (Å²) in [6.45, 7) is 8.19. The summed E-state index contributed by atoms with van der Waals surface area (Å²) in [5.74, 6) is 1.73. The normalized spacial score (nSPS) is 11.1. The molecule has 7 nitrogen and oxygen atoms in total. The fraction of sp³-hybridized carbons (Fsp3) is 0.500. The first kappa shape index (κ1) is 22.2. The monoisotopic (exact) mass is 471 g/mol. The molecule has 0 aliphatic heterocycles. The van der Waals surface area contributed by atoms with Crippen LogP contribution in [0.1, 0.15) is 29.6 Å². The lowest BCUT2D eigenvalue weighted by molar-refractivity contribution is 0.730. The highest BCUT2D eigenvalue weighted by Crippen LogP contribution is 2.13. The third-order valence-electron chi connectivity index (χ3n) is 4.09. The van der Waals surface area contributed by atoms with Crippen LogP contribution in [-0.4, -0.2) is 41.4 Å². The zero-order valence-electron chi connectivity index (χ0n) is 16.5. The van der Waals surface area contributed by atoms with Crippen molar-refractivity contribution in [2.24, 2.45) is 12.0 Å². The number of halogens is 1. The van der Waals surface area contributed by atoms with Gasteiger partial charge in [0.15, 0.2) is 5.96 Å². The van der Waals surface area contributed by atoms with Gasteiger partial charge in [-0.25, -0.2) is 9.98 Å². The van der Waals surface area contributed by atoms with Gasteiger partial charge >= 0.3 is 0 Å². The zero-order chi connectivity index (χ0) is 18.4. The van der Waals surface area contributed by atoms with E-state index in [-0.39, 0.29) is 24.0 Å². The first-order valence-corrected chi connectivity index (χ1v) is 8.56. The zero-order valence-corrected chi connectivity index (χ0v) is 18.8. The van der Waals surface area contributed by atoms with E-state index in [2.05, 4.69) is 34.6 Å². The van der Waals surface area contributed by atoms with Crippen molar-refractivity contribution in [2.75, 3.05) is 25.5 Å². The molecule has 0 spiro atoms. The van der Waals surface area contributed by atoms with Crippen LogP contribution in [0.5, 0.6) is 0 Å². The number of aromatic nitrogens is 3. The molecule has 0 saturated heterocycles. The van der Waals surface area contributed by atoms with Gasteiger partial charge in [-0.05, 0) is 32.9 Å². The first-order chi connectivity index (χ1) is 11.9. The van der Waals surface area contributed by atoms with Crippen molar-refractivity contribution in [3.8, 4) is 0 Å². The molecule has 0 amide bonds. The molecule has 0 saturated carbocycles. The Morgan fingerprint density at radius 2 is 1.96 bits per heavy atom. The third kappa shape index (κ3) is 5.86. The number of hydrogen-bond acceptors (Lipinski definition) is 4. The van der Waals surface area contributed by atoms with E-state index in [9.17, 15) is 0 Å². The van der Waals surface area contributed by atoms with E-state index in [0.29, 0.717) is 13.1 Å². The molecule has 0 atom stereocenters. The minimum absolute atomic E-state index is 0. The lowest BCUT2D eigenvalue weighted by Gasteiger charge is -2.14. The van der Waals surface area contributed by atoms with Crippen LogP contribution in [0.25, 0.3) is 0 Å². The van der Waals surface area contributed by atoms with E-state index in [1.54, 1.807) is 0 Å². The van der Waals surface area contributed by atoms with Gasteiger partial charge in [-0.3, -0.25) is 4.68 Å². The highest BCUT2D eigenvalue weighted by atomic mass is 127. The molecule has 26 heavy (non-hydrogen) atoms. The van der Waals surface area contributed by atoms with Crippen molar-refractivity contribution in [3.63, 3.8) is 0 Å². The van der Waals surface area contributed by atoms with E-state index in [4.69, 9.17) is 4.99 Å². The maximum absolute atomic E-state index is 4.69. The maximum atomic E-state index is 4.69. The average Bonchev–Trinajstić information content (AvgIpc) is 2.83. The summed E-state index contributed by atoms with van der Waals surface area (Å²) >= 11 is 0. The second-order valence-electron chi connectivity index (χ2n) is 6.20. The molecule has 0 unspecified atom stereocenters. The Labute approximate surface area is 173 Å². The fourth-order valence-electron chi connectivity index (χ4n) is 2.53. The Morgan fingerprint density at radius 1 is 1.23 bits per heavy atom. The molecule has 0 radical (unpaired) electrons. The molecule has 2 aromatic rings. The number of nitrogens with one attached hydrogen (secondary N) is 2. The molecule has 0 bridgehead atoms. The van der Waals surface area contributed by atoms with Gasteiger partial charge in [-0.2, -0.15) is 5.10 Å². The number of nitrogens with zero attached hydrogens (tertiary/aromatic N) is 5. The van der Waals surface area contributed by atoms with Crippen LogP contribution < -0.4 is 15.5 Å². The van der Waals surface area contributed by atoms with Crippen molar-refractivity contribution in [3.05, 3.63) is 40.8 Å². The van der Waals surface area contributed by atoms with Gasteiger partial charge in [0.05, 0.1) is 24.5 Å². The lowest BCUT2D eigenvalue weighted by Crippen LogP contribution is -2.37. The Kier molecular flexibility index (Phi) is 8.83. The molecule has 8 heteroatoms. The first-order valence-electron chi connectivity index (χ1n) is 8.56. The minimum atomic E-state index is 0. The number of guanidine groups is 1. The summed E-state index contributed by atoms with van der Waals surface area (Å²) in [5.41, 5.74) is 4.33. The maximum Gasteiger partial charge on any atom is 0.191 e. The number of aliphatic imine (C=N–C) groups is 1. The Balaban J connectivity index is 0.00000338. The molecule has 2 aromatic heterocycles. The average molecular weight is 471 g/mol. The molecule has 144 valence electrons. The number of pyridine rings is 1.